The molecule has 0 radical (unpaired) electrons. The number of carbonyl (C=O) groups excluding carboxylic acids is 1. The van der Waals surface area contributed by atoms with Crippen molar-refractivity contribution in [3.8, 4) is 28.7 Å². The molecule has 0 unspecified atom stereocenters. The highest BCUT2D eigenvalue weighted by molar-refractivity contribution is 7.98. The molecule has 0 spiro atoms. The summed E-state index contributed by atoms with van der Waals surface area (Å²) in [6.45, 7) is 4.13. The molecule has 11 heteroatoms. The Balaban J connectivity index is 1.83. The lowest BCUT2D eigenvalue weighted by Crippen LogP contribution is -2.08. The molecular formula is C24H24N4O5S2. The van der Waals surface area contributed by atoms with Crippen molar-refractivity contribution in [1.29, 1.82) is 0 Å². The number of carbonyl (C=O) groups is 1. The van der Waals surface area contributed by atoms with Gasteiger partial charge >= 0.3 is 5.97 Å². The second-order valence-electron chi connectivity index (χ2n) is 8.10. The lowest BCUT2D eigenvalue weighted by molar-refractivity contribution is 0.0572. The normalized spacial score (nSPS) is 11.7. The first kappa shape index (κ1) is 24.7. The Labute approximate surface area is 207 Å². The van der Waals surface area contributed by atoms with Crippen molar-refractivity contribution in [3.05, 3.63) is 65.9 Å². The number of thioether (sulfide) groups is 1. The standard InChI is InChI=1S/C24H24N4O5S2/c1-15(2)18-10-5-6-11-20(18)28-21(13-19(26-28)24(29)32-14-34-3)22-25-23(33-27-22)16-8-7-9-17(12-16)35(4,30)31/h5-13,15H,14H2,1-4H3. The van der Waals surface area contributed by atoms with E-state index in [2.05, 4.69) is 29.1 Å². The molecule has 2 heterocycles. The van der Waals surface area contributed by atoms with Crippen molar-refractivity contribution in [1.82, 2.24) is 19.9 Å². The van der Waals surface area contributed by atoms with E-state index in [1.54, 1.807) is 22.9 Å². The molecule has 0 bridgehead atoms. The number of para-hydroxylation sites is 1. The Morgan fingerprint density at radius 3 is 2.63 bits per heavy atom. The average molecular weight is 513 g/mol. The molecule has 0 aliphatic heterocycles. The largest absolute Gasteiger partial charge is 0.450 e. The monoisotopic (exact) mass is 512 g/mol. The van der Waals surface area contributed by atoms with Gasteiger partial charge in [0, 0.05) is 17.9 Å². The van der Waals surface area contributed by atoms with E-state index in [4.69, 9.17) is 9.26 Å². The molecule has 4 aromatic rings. The fourth-order valence-electron chi connectivity index (χ4n) is 3.48. The van der Waals surface area contributed by atoms with Crippen molar-refractivity contribution in [2.24, 2.45) is 0 Å². The zero-order valence-electron chi connectivity index (χ0n) is 19.6. The van der Waals surface area contributed by atoms with Gasteiger partial charge in [-0.2, -0.15) is 10.1 Å². The molecule has 2 aromatic heterocycles. The third-order valence-electron chi connectivity index (χ3n) is 5.18. The Bertz CT molecular complexity index is 1470. The van der Waals surface area contributed by atoms with Crippen LogP contribution in [0.2, 0.25) is 0 Å². The molecule has 0 amide bonds. The molecular weight excluding hydrogens is 488 g/mol. The number of ether oxygens (including phenoxy) is 1. The van der Waals surface area contributed by atoms with Crippen LogP contribution in [0.1, 0.15) is 35.8 Å². The number of sulfone groups is 1. The summed E-state index contributed by atoms with van der Waals surface area (Å²) >= 11 is 1.38. The first-order valence-electron chi connectivity index (χ1n) is 10.7. The summed E-state index contributed by atoms with van der Waals surface area (Å²) in [5.41, 5.74) is 2.79. The lowest BCUT2D eigenvalue weighted by atomic mass is 10.0. The number of hydrogen-bond donors (Lipinski definition) is 0. The van der Waals surface area contributed by atoms with Crippen LogP contribution in [-0.4, -0.2) is 52.8 Å². The highest BCUT2D eigenvalue weighted by Crippen LogP contribution is 2.30. The van der Waals surface area contributed by atoms with Crippen LogP contribution in [0.15, 0.2) is 64.0 Å². The quantitative estimate of drug-likeness (QED) is 0.247. The van der Waals surface area contributed by atoms with Gasteiger partial charge < -0.3 is 9.26 Å². The maximum atomic E-state index is 12.6. The molecule has 0 aliphatic rings. The van der Waals surface area contributed by atoms with E-state index in [1.165, 1.54) is 23.9 Å². The third-order valence-corrected chi connectivity index (χ3v) is 6.64. The fourth-order valence-corrected chi connectivity index (χ4v) is 4.38. The van der Waals surface area contributed by atoms with Crippen molar-refractivity contribution in [3.63, 3.8) is 0 Å². The topological polar surface area (TPSA) is 117 Å². The van der Waals surface area contributed by atoms with E-state index >= 15 is 0 Å². The highest BCUT2D eigenvalue weighted by atomic mass is 32.2. The highest BCUT2D eigenvalue weighted by Gasteiger charge is 2.23. The first-order valence-corrected chi connectivity index (χ1v) is 14.0. The molecule has 0 aliphatic carbocycles. The predicted molar refractivity (Wildman–Crippen MR) is 133 cm³/mol. The van der Waals surface area contributed by atoms with Crippen molar-refractivity contribution in [2.75, 3.05) is 18.5 Å². The summed E-state index contributed by atoms with van der Waals surface area (Å²) in [5, 5.41) is 8.61. The molecule has 0 saturated carbocycles. The van der Waals surface area contributed by atoms with Gasteiger partial charge in [-0.15, -0.1) is 11.8 Å². The van der Waals surface area contributed by atoms with E-state index in [0.717, 1.165) is 17.5 Å². The van der Waals surface area contributed by atoms with Crippen molar-refractivity contribution in [2.45, 2.75) is 24.7 Å². The van der Waals surface area contributed by atoms with E-state index in [0.29, 0.717) is 11.3 Å². The van der Waals surface area contributed by atoms with Crippen LogP contribution >= 0.6 is 11.8 Å². The minimum Gasteiger partial charge on any atom is -0.450 e. The number of nitrogens with zero attached hydrogens (tertiary/aromatic N) is 4. The van der Waals surface area contributed by atoms with Crippen LogP contribution in [0, 0.1) is 0 Å². The van der Waals surface area contributed by atoms with Crippen molar-refractivity contribution < 1.29 is 22.5 Å². The number of aromatic nitrogens is 4. The van der Waals surface area contributed by atoms with Gasteiger partial charge in [0.25, 0.3) is 5.89 Å². The maximum absolute atomic E-state index is 12.6. The summed E-state index contributed by atoms with van der Waals surface area (Å²) in [4.78, 5) is 17.2. The van der Waals surface area contributed by atoms with Crippen LogP contribution in [0.25, 0.3) is 28.7 Å². The maximum Gasteiger partial charge on any atom is 0.359 e. The number of benzene rings is 2. The SMILES string of the molecule is CSCOC(=O)c1cc(-c2noc(-c3cccc(S(C)(=O)=O)c3)n2)n(-c2ccccc2C(C)C)n1. The Morgan fingerprint density at radius 2 is 1.91 bits per heavy atom. The van der Waals surface area contributed by atoms with E-state index in [-0.39, 0.29) is 34.2 Å². The number of rotatable bonds is 8. The minimum absolute atomic E-state index is 0.109. The summed E-state index contributed by atoms with van der Waals surface area (Å²) in [6, 6.07) is 15.6. The number of hydrogen-bond acceptors (Lipinski definition) is 9. The smallest absolute Gasteiger partial charge is 0.359 e. The molecule has 0 atom stereocenters. The van der Waals surface area contributed by atoms with Gasteiger partial charge in [0.15, 0.2) is 15.5 Å². The Morgan fingerprint density at radius 1 is 1.14 bits per heavy atom. The molecule has 2 aromatic carbocycles. The molecule has 0 N–H and O–H groups in total. The van der Waals surface area contributed by atoms with Crippen molar-refractivity contribution >= 4 is 27.6 Å². The van der Waals surface area contributed by atoms with E-state index < -0.39 is 15.8 Å². The summed E-state index contributed by atoms with van der Waals surface area (Å²) in [7, 11) is -3.41. The van der Waals surface area contributed by atoms with Crippen LogP contribution in [0.4, 0.5) is 0 Å². The Hall–Kier alpha value is -3.44. The zero-order chi connectivity index (χ0) is 25.2. The molecule has 4 rings (SSSR count). The molecule has 0 saturated heterocycles. The average Bonchev–Trinajstić information content (AvgIpc) is 3.50. The van der Waals surface area contributed by atoms with Crippen LogP contribution in [0.5, 0.6) is 0 Å². The van der Waals surface area contributed by atoms with Gasteiger partial charge in [0.1, 0.15) is 11.6 Å². The summed E-state index contributed by atoms with van der Waals surface area (Å²) in [5.74, 6) is 0.161. The number of esters is 1. The minimum atomic E-state index is -3.41. The van der Waals surface area contributed by atoms with E-state index in [1.807, 2.05) is 30.5 Å². The predicted octanol–water partition coefficient (Wildman–Crippen LogP) is 4.59. The van der Waals surface area contributed by atoms with Gasteiger partial charge in [0.05, 0.1) is 10.6 Å². The first-order chi connectivity index (χ1) is 16.7. The lowest BCUT2D eigenvalue weighted by Gasteiger charge is -2.13. The summed E-state index contributed by atoms with van der Waals surface area (Å²) in [6.07, 6.45) is 2.96. The molecule has 0 fully saturated rings. The summed E-state index contributed by atoms with van der Waals surface area (Å²) < 4.78 is 36.2. The zero-order valence-corrected chi connectivity index (χ0v) is 21.3. The van der Waals surface area contributed by atoms with Gasteiger partial charge in [-0.1, -0.05) is 43.3 Å². The molecule has 9 nitrogen and oxygen atoms in total. The van der Waals surface area contributed by atoms with Crippen LogP contribution < -0.4 is 0 Å². The molecule has 182 valence electrons. The third kappa shape index (κ3) is 5.30. The van der Waals surface area contributed by atoms with Gasteiger partial charge in [-0.3, -0.25) is 0 Å². The second-order valence-corrected chi connectivity index (χ2v) is 10.9. The van der Waals surface area contributed by atoms with E-state index in [9.17, 15) is 13.2 Å². The van der Waals surface area contributed by atoms with Gasteiger partial charge in [-0.05, 0) is 42.0 Å². The van der Waals surface area contributed by atoms with Gasteiger partial charge in [-0.25, -0.2) is 17.9 Å². The Kier molecular flexibility index (Phi) is 7.08. The second kappa shape index (κ2) is 10.0. The fraction of sp³-hybridized carbons (Fsp3) is 0.250. The van der Waals surface area contributed by atoms with Crippen LogP contribution in [0.3, 0.4) is 0 Å². The van der Waals surface area contributed by atoms with Gasteiger partial charge in [0.2, 0.25) is 5.82 Å². The van der Waals surface area contributed by atoms with Crippen LogP contribution in [-0.2, 0) is 14.6 Å². The molecule has 35 heavy (non-hydrogen) atoms.